The lowest BCUT2D eigenvalue weighted by molar-refractivity contribution is 0.676. The topological polar surface area (TPSA) is 0 Å². The first kappa shape index (κ1) is 13.8. The third kappa shape index (κ3) is 6.80. The molecule has 1 aromatic rings. The van der Waals surface area contributed by atoms with Gasteiger partial charge < -0.3 is 0 Å². The molecule has 0 heterocycles. The summed E-state index contributed by atoms with van der Waals surface area (Å²) < 4.78 is 0. The zero-order chi connectivity index (χ0) is 11.7. The first-order valence-corrected chi connectivity index (χ1v) is 5.74. The van der Waals surface area contributed by atoms with Gasteiger partial charge in [0.1, 0.15) is 0 Å². The zero-order valence-corrected chi connectivity index (χ0v) is 10.6. The predicted octanol–water partition coefficient (Wildman–Crippen LogP) is 4.42. The van der Waals surface area contributed by atoms with Crippen LogP contribution in [0.2, 0.25) is 0 Å². The van der Waals surface area contributed by atoms with Gasteiger partial charge in [0.05, 0.1) is 0 Å². The second-order valence-electron chi connectivity index (χ2n) is 3.77. The van der Waals surface area contributed by atoms with E-state index >= 15 is 0 Å². The molecule has 0 saturated carbocycles. The van der Waals surface area contributed by atoms with Crippen LogP contribution in [0.25, 0.3) is 0 Å². The molecule has 0 aliphatic heterocycles. The zero-order valence-electron chi connectivity index (χ0n) is 10.6. The highest BCUT2D eigenvalue weighted by Gasteiger charge is 1.88. The maximum Gasteiger partial charge on any atom is 0.0245 e. The summed E-state index contributed by atoms with van der Waals surface area (Å²) >= 11 is 0. The Morgan fingerprint density at radius 3 is 2.07 bits per heavy atom. The molecule has 0 unspecified atom stereocenters. The summed E-state index contributed by atoms with van der Waals surface area (Å²) in [6.07, 6.45) is 0.980. The Balaban J connectivity index is 0.000000921. The van der Waals surface area contributed by atoms with Gasteiger partial charge in [0.15, 0.2) is 0 Å². The Bertz CT molecular complexity index is 306. The molecule has 0 fully saturated rings. The van der Waals surface area contributed by atoms with Gasteiger partial charge in [-0.1, -0.05) is 57.2 Å². The molecule has 82 valence electrons. The minimum atomic E-state index is 0.665. The predicted molar refractivity (Wildman–Crippen MR) is 68.9 cm³/mol. The van der Waals surface area contributed by atoms with Crippen molar-refractivity contribution in [2.75, 3.05) is 0 Å². The number of hydrogen-bond donors (Lipinski definition) is 0. The van der Waals surface area contributed by atoms with Crippen LogP contribution in [0, 0.1) is 24.7 Å². The smallest absolute Gasteiger partial charge is 0.0245 e. The summed E-state index contributed by atoms with van der Waals surface area (Å²) in [5.41, 5.74) is 2.40. The van der Waals surface area contributed by atoms with E-state index in [1.807, 2.05) is 13.8 Å². The number of benzene rings is 1. The quantitative estimate of drug-likeness (QED) is 0.591. The van der Waals surface area contributed by atoms with Crippen LogP contribution in [0.15, 0.2) is 24.3 Å². The summed E-state index contributed by atoms with van der Waals surface area (Å²) in [6, 6.07) is 8.34. The monoisotopic (exact) mass is 202 g/mol. The van der Waals surface area contributed by atoms with E-state index in [9.17, 15) is 0 Å². The van der Waals surface area contributed by atoms with Gasteiger partial charge in [0.25, 0.3) is 0 Å². The standard InChI is InChI=1S/C13H16.C2H6/c1-11(2)5-4-6-13-9-7-12(3)8-10-13;1-2/h7-11H,5H2,1-3H3;1-2H3. The molecule has 1 aromatic carbocycles. The van der Waals surface area contributed by atoms with Crippen molar-refractivity contribution in [3.63, 3.8) is 0 Å². The molecule has 0 aliphatic rings. The average Bonchev–Trinajstić information content (AvgIpc) is 2.23. The first-order chi connectivity index (χ1) is 7.18. The molecule has 0 bridgehead atoms. The third-order valence-corrected chi connectivity index (χ3v) is 1.79. The van der Waals surface area contributed by atoms with Gasteiger partial charge in [0.2, 0.25) is 0 Å². The van der Waals surface area contributed by atoms with Crippen LogP contribution >= 0.6 is 0 Å². The summed E-state index contributed by atoms with van der Waals surface area (Å²) in [4.78, 5) is 0. The molecular formula is C15H22. The molecule has 0 saturated heterocycles. The lowest BCUT2D eigenvalue weighted by Gasteiger charge is -1.94. The molecule has 0 radical (unpaired) electrons. The van der Waals surface area contributed by atoms with Gasteiger partial charge >= 0.3 is 0 Å². The van der Waals surface area contributed by atoms with Gasteiger partial charge in [-0.3, -0.25) is 0 Å². The fourth-order valence-electron chi connectivity index (χ4n) is 0.994. The molecule has 0 N–H and O–H groups in total. The van der Waals surface area contributed by atoms with Crippen molar-refractivity contribution in [1.29, 1.82) is 0 Å². The summed E-state index contributed by atoms with van der Waals surface area (Å²) in [7, 11) is 0. The van der Waals surface area contributed by atoms with Gasteiger partial charge in [-0.25, -0.2) is 0 Å². The highest BCUT2D eigenvalue weighted by Crippen LogP contribution is 2.02. The van der Waals surface area contributed by atoms with Crippen LogP contribution in [0.5, 0.6) is 0 Å². The van der Waals surface area contributed by atoms with Crippen molar-refractivity contribution in [1.82, 2.24) is 0 Å². The normalized spacial score (nSPS) is 8.67. The number of hydrogen-bond acceptors (Lipinski definition) is 0. The van der Waals surface area contributed by atoms with E-state index in [1.165, 1.54) is 5.56 Å². The minimum absolute atomic E-state index is 0.665. The SMILES string of the molecule is CC.Cc1ccc(C#CCC(C)C)cc1. The summed E-state index contributed by atoms with van der Waals surface area (Å²) in [6.45, 7) is 10.5. The molecule has 0 amide bonds. The van der Waals surface area contributed by atoms with Crippen molar-refractivity contribution < 1.29 is 0 Å². The lowest BCUT2D eigenvalue weighted by Crippen LogP contribution is -1.82. The Morgan fingerprint density at radius 1 is 1.07 bits per heavy atom. The highest BCUT2D eigenvalue weighted by molar-refractivity contribution is 5.35. The van der Waals surface area contributed by atoms with E-state index < -0.39 is 0 Å². The van der Waals surface area contributed by atoms with Crippen LogP contribution < -0.4 is 0 Å². The van der Waals surface area contributed by atoms with Crippen molar-refractivity contribution in [2.24, 2.45) is 5.92 Å². The maximum atomic E-state index is 3.17. The fourth-order valence-corrected chi connectivity index (χ4v) is 0.994. The van der Waals surface area contributed by atoms with Crippen molar-refractivity contribution in [3.8, 4) is 11.8 Å². The average molecular weight is 202 g/mol. The minimum Gasteiger partial charge on any atom is -0.0976 e. The Labute approximate surface area is 94.7 Å². The molecule has 0 spiro atoms. The van der Waals surface area contributed by atoms with Crippen molar-refractivity contribution in [2.45, 2.75) is 41.0 Å². The Morgan fingerprint density at radius 2 is 1.60 bits per heavy atom. The van der Waals surface area contributed by atoms with Gasteiger partial charge in [0, 0.05) is 12.0 Å². The van der Waals surface area contributed by atoms with E-state index in [4.69, 9.17) is 0 Å². The first-order valence-electron chi connectivity index (χ1n) is 5.74. The molecular weight excluding hydrogens is 180 g/mol. The molecule has 0 heteroatoms. The molecule has 0 aromatic heterocycles. The second kappa shape index (κ2) is 8.12. The van der Waals surface area contributed by atoms with Crippen LogP contribution in [-0.4, -0.2) is 0 Å². The second-order valence-corrected chi connectivity index (χ2v) is 3.77. The van der Waals surface area contributed by atoms with E-state index in [0.717, 1.165) is 12.0 Å². The Kier molecular flexibility index (Phi) is 7.46. The van der Waals surface area contributed by atoms with Gasteiger partial charge in [-0.2, -0.15) is 0 Å². The van der Waals surface area contributed by atoms with E-state index in [0.29, 0.717) is 5.92 Å². The van der Waals surface area contributed by atoms with Crippen LogP contribution in [0.3, 0.4) is 0 Å². The molecule has 0 atom stereocenters. The maximum absolute atomic E-state index is 3.17. The van der Waals surface area contributed by atoms with E-state index in [2.05, 4.69) is 56.9 Å². The lowest BCUT2D eigenvalue weighted by atomic mass is 10.1. The van der Waals surface area contributed by atoms with E-state index in [1.54, 1.807) is 0 Å². The molecule has 15 heavy (non-hydrogen) atoms. The van der Waals surface area contributed by atoms with Gasteiger partial charge in [-0.05, 0) is 25.0 Å². The van der Waals surface area contributed by atoms with Crippen molar-refractivity contribution >= 4 is 0 Å². The summed E-state index contributed by atoms with van der Waals surface area (Å²) in [5.74, 6) is 6.99. The Hall–Kier alpha value is -1.22. The summed E-state index contributed by atoms with van der Waals surface area (Å²) in [5, 5.41) is 0. The molecule has 0 aliphatic carbocycles. The molecule has 0 nitrogen and oxygen atoms in total. The highest BCUT2D eigenvalue weighted by atomic mass is 13.9. The third-order valence-electron chi connectivity index (χ3n) is 1.79. The van der Waals surface area contributed by atoms with Crippen LogP contribution in [0.1, 0.15) is 45.2 Å². The van der Waals surface area contributed by atoms with Crippen molar-refractivity contribution in [3.05, 3.63) is 35.4 Å². The fraction of sp³-hybridized carbons (Fsp3) is 0.467. The molecule has 1 rings (SSSR count). The largest absolute Gasteiger partial charge is 0.0976 e. The van der Waals surface area contributed by atoms with Crippen LogP contribution in [0.4, 0.5) is 0 Å². The van der Waals surface area contributed by atoms with Crippen LogP contribution in [-0.2, 0) is 0 Å². The number of rotatable bonds is 1. The van der Waals surface area contributed by atoms with Gasteiger partial charge in [-0.15, -0.1) is 0 Å². The van der Waals surface area contributed by atoms with E-state index in [-0.39, 0.29) is 0 Å². The number of aryl methyl sites for hydroxylation is 1.